The predicted octanol–water partition coefficient (Wildman–Crippen LogP) is -0.486. The highest BCUT2D eigenvalue weighted by atomic mass is 16.4. The number of hydrogen-bond acceptors (Lipinski definition) is 3. The Morgan fingerprint density at radius 1 is 1.54 bits per heavy atom. The normalized spacial score (nSPS) is 11.8. The van der Waals surface area contributed by atoms with Gasteiger partial charge in [0, 0.05) is 6.42 Å². The van der Waals surface area contributed by atoms with Gasteiger partial charge < -0.3 is 15.5 Å². The second-order valence-electron chi connectivity index (χ2n) is 2.49. The molecule has 3 N–H and O–H groups in total. The summed E-state index contributed by atoms with van der Waals surface area (Å²) in [6, 6.07) is 0. The molecule has 0 rings (SSSR count). The van der Waals surface area contributed by atoms with Crippen LogP contribution in [0.3, 0.4) is 0 Å². The molecule has 0 spiro atoms. The van der Waals surface area contributed by atoms with E-state index in [0.29, 0.717) is 6.42 Å². The molecule has 0 aromatic carbocycles. The number of rotatable bonds is 6. The third kappa shape index (κ3) is 5.86. The van der Waals surface area contributed by atoms with E-state index < -0.39 is 12.1 Å². The lowest BCUT2D eigenvalue weighted by Crippen LogP contribution is -2.36. The van der Waals surface area contributed by atoms with Crippen LogP contribution < -0.4 is 5.32 Å². The molecule has 0 aromatic rings. The second-order valence-corrected chi connectivity index (χ2v) is 2.49. The molecule has 0 radical (unpaired) electrons. The molecule has 0 heterocycles. The second kappa shape index (κ2) is 6.19. The quantitative estimate of drug-likeness (QED) is 0.490. The molecule has 0 saturated carbocycles. The smallest absolute Gasteiger partial charge is 0.334 e. The van der Waals surface area contributed by atoms with Gasteiger partial charge in [0.05, 0.1) is 6.54 Å². The van der Waals surface area contributed by atoms with Crippen LogP contribution in [0.25, 0.3) is 0 Å². The minimum atomic E-state index is -1.53. The lowest BCUT2D eigenvalue weighted by molar-refractivity contribution is -0.146. The molecule has 13 heavy (non-hydrogen) atoms. The van der Waals surface area contributed by atoms with Crippen LogP contribution in [0.4, 0.5) is 0 Å². The third-order valence-electron chi connectivity index (χ3n) is 1.35. The maximum absolute atomic E-state index is 10.9. The van der Waals surface area contributed by atoms with Crippen molar-refractivity contribution in [2.24, 2.45) is 0 Å². The third-order valence-corrected chi connectivity index (χ3v) is 1.35. The summed E-state index contributed by atoms with van der Waals surface area (Å²) in [7, 11) is 0. The molecule has 0 aromatic heterocycles. The van der Waals surface area contributed by atoms with Crippen molar-refractivity contribution in [2.75, 3.05) is 6.54 Å². The highest BCUT2D eigenvalue weighted by Crippen LogP contribution is 1.89. The molecule has 0 fully saturated rings. The summed E-state index contributed by atoms with van der Waals surface area (Å²) in [6.07, 6.45) is 0.852. The number of aliphatic hydroxyl groups is 1. The maximum atomic E-state index is 10.9. The highest BCUT2D eigenvalue weighted by molar-refractivity contribution is 5.78. The zero-order chi connectivity index (χ0) is 10.3. The standard InChI is InChI=1S/C8H13NO4/c1-2-3-4-7(11)9-5-6(10)8(12)13/h2,6,10H,1,3-5H2,(H,9,11)(H,12,13). The van der Waals surface area contributed by atoms with E-state index in [-0.39, 0.29) is 18.9 Å². The summed E-state index contributed by atoms with van der Waals surface area (Å²) in [4.78, 5) is 21.0. The van der Waals surface area contributed by atoms with E-state index in [1.54, 1.807) is 6.08 Å². The van der Waals surface area contributed by atoms with Gasteiger partial charge in [0.1, 0.15) is 0 Å². The van der Waals surface area contributed by atoms with E-state index >= 15 is 0 Å². The fourth-order valence-corrected chi connectivity index (χ4v) is 0.619. The van der Waals surface area contributed by atoms with Crippen molar-refractivity contribution in [3.05, 3.63) is 12.7 Å². The fourth-order valence-electron chi connectivity index (χ4n) is 0.619. The number of carboxylic acid groups (broad SMARTS) is 1. The van der Waals surface area contributed by atoms with Crippen molar-refractivity contribution in [3.8, 4) is 0 Å². The van der Waals surface area contributed by atoms with Crippen LogP contribution in [0, 0.1) is 0 Å². The Hall–Kier alpha value is -1.36. The molecule has 0 aliphatic heterocycles. The molecular formula is C8H13NO4. The number of carbonyl (C=O) groups excluding carboxylic acids is 1. The Morgan fingerprint density at radius 3 is 2.62 bits per heavy atom. The number of allylic oxidation sites excluding steroid dienone is 1. The van der Waals surface area contributed by atoms with E-state index in [9.17, 15) is 9.59 Å². The van der Waals surface area contributed by atoms with E-state index in [0.717, 1.165) is 0 Å². The summed E-state index contributed by atoms with van der Waals surface area (Å²) in [6.45, 7) is 3.17. The van der Waals surface area contributed by atoms with Gasteiger partial charge in [0.2, 0.25) is 5.91 Å². The average molecular weight is 187 g/mol. The first-order chi connectivity index (χ1) is 6.07. The SMILES string of the molecule is C=CCCC(=O)NCC(O)C(=O)O. The van der Waals surface area contributed by atoms with Crippen LogP contribution in [-0.2, 0) is 9.59 Å². The Morgan fingerprint density at radius 2 is 2.15 bits per heavy atom. The first kappa shape index (κ1) is 11.6. The van der Waals surface area contributed by atoms with Gasteiger partial charge in [-0.15, -0.1) is 6.58 Å². The van der Waals surface area contributed by atoms with Gasteiger partial charge in [0.15, 0.2) is 6.10 Å². The molecule has 0 aliphatic rings. The van der Waals surface area contributed by atoms with Crippen LogP contribution >= 0.6 is 0 Å². The summed E-state index contributed by atoms with van der Waals surface area (Å²) in [5.74, 6) is -1.63. The van der Waals surface area contributed by atoms with Crippen LogP contribution in [0.5, 0.6) is 0 Å². The van der Waals surface area contributed by atoms with E-state index in [4.69, 9.17) is 10.2 Å². The molecule has 0 aliphatic carbocycles. The number of aliphatic hydroxyl groups excluding tert-OH is 1. The number of carbonyl (C=O) groups is 2. The van der Waals surface area contributed by atoms with Crippen molar-refractivity contribution >= 4 is 11.9 Å². The van der Waals surface area contributed by atoms with Crippen LogP contribution in [0.2, 0.25) is 0 Å². The number of nitrogens with one attached hydrogen (secondary N) is 1. The number of amides is 1. The monoisotopic (exact) mass is 187 g/mol. The Kier molecular flexibility index (Phi) is 5.54. The van der Waals surface area contributed by atoms with Gasteiger partial charge in [0.25, 0.3) is 0 Å². The molecule has 1 atom stereocenters. The molecule has 1 unspecified atom stereocenters. The first-order valence-electron chi connectivity index (χ1n) is 3.86. The van der Waals surface area contributed by atoms with Crippen molar-refractivity contribution in [2.45, 2.75) is 18.9 Å². The van der Waals surface area contributed by atoms with Gasteiger partial charge >= 0.3 is 5.97 Å². The zero-order valence-corrected chi connectivity index (χ0v) is 7.19. The summed E-state index contributed by atoms with van der Waals surface area (Å²) in [5, 5.41) is 19.3. The number of aliphatic carboxylic acids is 1. The van der Waals surface area contributed by atoms with Crippen LogP contribution in [0.15, 0.2) is 12.7 Å². The maximum Gasteiger partial charge on any atom is 0.334 e. The first-order valence-corrected chi connectivity index (χ1v) is 3.86. The van der Waals surface area contributed by atoms with Crippen molar-refractivity contribution in [1.82, 2.24) is 5.32 Å². The largest absolute Gasteiger partial charge is 0.479 e. The summed E-state index contributed by atoms with van der Waals surface area (Å²) < 4.78 is 0. The lowest BCUT2D eigenvalue weighted by Gasteiger charge is -2.06. The summed E-state index contributed by atoms with van der Waals surface area (Å²) in [5.41, 5.74) is 0. The van der Waals surface area contributed by atoms with Gasteiger partial charge in [-0.3, -0.25) is 4.79 Å². The molecule has 0 bridgehead atoms. The molecule has 5 heteroatoms. The van der Waals surface area contributed by atoms with Gasteiger partial charge in [-0.2, -0.15) is 0 Å². The van der Waals surface area contributed by atoms with E-state index in [1.165, 1.54) is 0 Å². The minimum Gasteiger partial charge on any atom is -0.479 e. The summed E-state index contributed by atoms with van der Waals surface area (Å²) >= 11 is 0. The molecule has 0 saturated heterocycles. The molecule has 1 amide bonds. The van der Waals surface area contributed by atoms with E-state index in [1.807, 2.05) is 0 Å². The topological polar surface area (TPSA) is 86.6 Å². The highest BCUT2D eigenvalue weighted by Gasteiger charge is 2.13. The van der Waals surface area contributed by atoms with Crippen molar-refractivity contribution < 1.29 is 19.8 Å². The Bertz CT molecular complexity index is 202. The molecule has 5 nitrogen and oxygen atoms in total. The average Bonchev–Trinajstić information content (AvgIpc) is 2.10. The van der Waals surface area contributed by atoms with Gasteiger partial charge in [-0.05, 0) is 6.42 Å². The molecular weight excluding hydrogens is 174 g/mol. The van der Waals surface area contributed by atoms with Gasteiger partial charge in [-0.25, -0.2) is 4.79 Å². The fraction of sp³-hybridized carbons (Fsp3) is 0.500. The van der Waals surface area contributed by atoms with E-state index in [2.05, 4.69) is 11.9 Å². The zero-order valence-electron chi connectivity index (χ0n) is 7.19. The number of carboxylic acids is 1. The van der Waals surface area contributed by atoms with Crippen LogP contribution in [-0.4, -0.2) is 34.7 Å². The lowest BCUT2D eigenvalue weighted by atomic mass is 10.3. The molecule has 74 valence electrons. The van der Waals surface area contributed by atoms with Crippen LogP contribution in [0.1, 0.15) is 12.8 Å². The number of hydrogen-bond donors (Lipinski definition) is 3. The predicted molar refractivity (Wildman–Crippen MR) is 46.1 cm³/mol. The minimum absolute atomic E-state index is 0.259. The van der Waals surface area contributed by atoms with Crippen molar-refractivity contribution in [3.63, 3.8) is 0 Å². The van der Waals surface area contributed by atoms with Gasteiger partial charge in [-0.1, -0.05) is 6.08 Å². The Labute approximate surface area is 76.1 Å². The van der Waals surface area contributed by atoms with Crippen molar-refractivity contribution in [1.29, 1.82) is 0 Å². The Balaban J connectivity index is 3.57.